The zero-order chi connectivity index (χ0) is 6.85. The van der Waals surface area contributed by atoms with Gasteiger partial charge in [0.25, 0.3) is 0 Å². The van der Waals surface area contributed by atoms with E-state index in [2.05, 4.69) is 0 Å². The van der Waals surface area contributed by atoms with Crippen molar-refractivity contribution in [3.8, 4) is 0 Å². The first-order chi connectivity index (χ1) is 4.22. The highest BCUT2D eigenvalue weighted by Gasteiger charge is 2.19. The summed E-state index contributed by atoms with van der Waals surface area (Å²) in [5.74, 6) is -0.690. The van der Waals surface area contributed by atoms with Gasteiger partial charge in [-0.2, -0.15) is 0 Å². The van der Waals surface area contributed by atoms with E-state index in [1.54, 1.807) is 0 Å². The van der Waals surface area contributed by atoms with Crippen molar-refractivity contribution in [1.29, 1.82) is 0 Å². The Kier molecular flexibility index (Phi) is 1.64. The van der Waals surface area contributed by atoms with Crippen LogP contribution in [0.1, 0.15) is 0 Å². The van der Waals surface area contributed by atoms with Gasteiger partial charge in [0, 0.05) is 0 Å². The second kappa shape index (κ2) is 2.29. The van der Waals surface area contributed by atoms with E-state index in [4.69, 9.17) is 10.2 Å². The fraction of sp³-hybridized carbons (Fsp3) is 0.333. The van der Waals surface area contributed by atoms with Crippen molar-refractivity contribution in [3.05, 3.63) is 24.1 Å². The molecule has 0 aromatic carbocycles. The molecule has 0 aliphatic heterocycles. The summed E-state index contributed by atoms with van der Waals surface area (Å²) in [6.07, 6.45) is 1.36. The SMILES string of the molecule is O[C@H]1C=CC=C(F)[C@@H]1O. The second-order valence-electron chi connectivity index (χ2n) is 1.87. The Morgan fingerprint density at radius 3 is 2.56 bits per heavy atom. The standard InChI is InChI=1S/C6H7FO2/c7-4-2-1-3-5(8)6(4)9/h1-3,5-6,8-9H/t5-,6-/m0/s1. The number of halogens is 1. The number of hydrogen-bond donors (Lipinski definition) is 2. The van der Waals surface area contributed by atoms with Gasteiger partial charge in [-0.3, -0.25) is 0 Å². The van der Waals surface area contributed by atoms with E-state index in [0.717, 1.165) is 6.08 Å². The Morgan fingerprint density at radius 1 is 1.44 bits per heavy atom. The first kappa shape index (κ1) is 6.45. The predicted molar refractivity (Wildman–Crippen MR) is 30.3 cm³/mol. The fourth-order valence-electron chi connectivity index (χ4n) is 0.628. The van der Waals surface area contributed by atoms with Gasteiger partial charge in [0.05, 0.1) is 0 Å². The highest BCUT2D eigenvalue weighted by atomic mass is 19.1. The van der Waals surface area contributed by atoms with E-state index < -0.39 is 18.0 Å². The molecular formula is C6H7FO2. The van der Waals surface area contributed by atoms with Gasteiger partial charge in [0.15, 0.2) is 0 Å². The van der Waals surface area contributed by atoms with Gasteiger partial charge < -0.3 is 10.2 Å². The van der Waals surface area contributed by atoms with Gasteiger partial charge in [-0.15, -0.1) is 0 Å². The van der Waals surface area contributed by atoms with Gasteiger partial charge in [0.2, 0.25) is 0 Å². The molecule has 0 saturated carbocycles. The van der Waals surface area contributed by atoms with E-state index in [1.165, 1.54) is 12.2 Å². The van der Waals surface area contributed by atoms with Gasteiger partial charge in [0.1, 0.15) is 18.0 Å². The molecule has 0 radical (unpaired) electrons. The topological polar surface area (TPSA) is 40.5 Å². The van der Waals surface area contributed by atoms with Crippen LogP contribution in [0.4, 0.5) is 4.39 Å². The number of rotatable bonds is 0. The molecule has 3 heteroatoms. The van der Waals surface area contributed by atoms with E-state index >= 15 is 0 Å². The maximum atomic E-state index is 12.2. The molecule has 0 amide bonds. The van der Waals surface area contributed by atoms with Crippen LogP contribution in [0, 0.1) is 0 Å². The zero-order valence-corrected chi connectivity index (χ0v) is 4.66. The van der Waals surface area contributed by atoms with Crippen LogP contribution in [0.25, 0.3) is 0 Å². The first-order valence-electron chi connectivity index (χ1n) is 2.62. The molecule has 0 fully saturated rings. The maximum Gasteiger partial charge on any atom is 0.135 e. The van der Waals surface area contributed by atoms with Crippen molar-refractivity contribution < 1.29 is 14.6 Å². The third kappa shape index (κ3) is 1.17. The van der Waals surface area contributed by atoms with E-state index in [1.807, 2.05) is 0 Å². The molecule has 0 heterocycles. The smallest absolute Gasteiger partial charge is 0.135 e. The summed E-state index contributed by atoms with van der Waals surface area (Å²) in [5.41, 5.74) is 0. The minimum Gasteiger partial charge on any atom is -0.386 e. The summed E-state index contributed by atoms with van der Waals surface area (Å²) < 4.78 is 12.2. The number of aliphatic hydroxyl groups is 2. The fourth-order valence-corrected chi connectivity index (χ4v) is 0.628. The summed E-state index contributed by atoms with van der Waals surface area (Å²) >= 11 is 0. The lowest BCUT2D eigenvalue weighted by molar-refractivity contribution is 0.0567. The van der Waals surface area contributed by atoms with Gasteiger partial charge >= 0.3 is 0 Å². The summed E-state index contributed by atoms with van der Waals surface area (Å²) in [5, 5.41) is 17.4. The lowest BCUT2D eigenvalue weighted by atomic mass is 10.1. The van der Waals surface area contributed by atoms with Crippen LogP contribution in [0.5, 0.6) is 0 Å². The molecule has 2 nitrogen and oxygen atoms in total. The van der Waals surface area contributed by atoms with Gasteiger partial charge in [-0.1, -0.05) is 12.2 Å². The van der Waals surface area contributed by atoms with E-state index in [-0.39, 0.29) is 0 Å². The predicted octanol–water partition coefficient (Wildman–Crippen LogP) is 0.131. The monoisotopic (exact) mass is 130 g/mol. The third-order valence-corrected chi connectivity index (χ3v) is 1.17. The average molecular weight is 130 g/mol. The molecule has 50 valence electrons. The Bertz CT molecular complexity index is 162. The third-order valence-electron chi connectivity index (χ3n) is 1.17. The molecule has 2 atom stereocenters. The molecule has 0 bridgehead atoms. The van der Waals surface area contributed by atoms with Crippen molar-refractivity contribution in [2.45, 2.75) is 12.2 Å². The molecule has 0 unspecified atom stereocenters. The summed E-state index contributed by atoms with van der Waals surface area (Å²) in [6.45, 7) is 0. The van der Waals surface area contributed by atoms with Crippen molar-refractivity contribution in [2.24, 2.45) is 0 Å². The van der Waals surface area contributed by atoms with Crippen LogP contribution in [-0.4, -0.2) is 22.4 Å². The number of aliphatic hydroxyl groups excluding tert-OH is 2. The molecular weight excluding hydrogens is 123 g/mol. The second-order valence-corrected chi connectivity index (χ2v) is 1.87. The average Bonchev–Trinajstić information content (AvgIpc) is 1.83. The number of allylic oxidation sites excluding steroid dienone is 2. The van der Waals surface area contributed by atoms with Gasteiger partial charge in [-0.05, 0) is 6.08 Å². The molecule has 2 N–H and O–H groups in total. The Morgan fingerprint density at radius 2 is 2.11 bits per heavy atom. The van der Waals surface area contributed by atoms with E-state index in [9.17, 15) is 4.39 Å². The molecule has 1 rings (SSSR count). The Labute approximate surface area is 51.9 Å². The van der Waals surface area contributed by atoms with E-state index in [0.29, 0.717) is 0 Å². The van der Waals surface area contributed by atoms with Crippen molar-refractivity contribution in [1.82, 2.24) is 0 Å². The molecule has 0 spiro atoms. The molecule has 9 heavy (non-hydrogen) atoms. The molecule has 1 aliphatic rings. The lowest BCUT2D eigenvalue weighted by Crippen LogP contribution is -2.25. The summed E-state index contributed by atoms with van der Waals surface area (Å²) in [7, 11) is 0. The molecule has 1 aliphatic carbocycles. The van der Waals surface area contributed by atoms with Crippen LogP contribution in [0.15, 0.2) is 24.1 Å². The normalized spacial score (nSPS) is 34.3. The number of hydrogen-bond acceptors (Lipinski definition) is 2. The van der Waals surface area contributed by atoms with Crippen LogP contribution < -0.4 is 0 Å². The molecule has 0 saturated heterocycles. The molecule has 0 aromatic rings. The molecule has 0 aromatic heterocycles. The summed E-state index contributed by atoms with van der Waals surface area (Å²) in [6, 6.07) is 0. The highest BCUT2D eigenvalue weighted by molar-refractivity contribution is 5.20. The van der Waals surface area contributed by atoms with Crippen molar-refractivity contribution in [2.75, 3.05) is 0 Å². The Hall–Kier alpha value is -0.670. The van der Waals surface area contributed by atoms with Crippen LogP contribution in [-0.2, 0) is 0 Å². The quantitative estimate of drug-likeness (QED) is 0.489. The van der Waals surface area contributed by atoms with Gasteiger partial charge in [-0.25, -0.2) is 4.39 Å². The largest absolute Gasteiger partial charge is 0.386 e. The van der Waals surface area contributed by atoms with Crippen LogP contribution in [0.3, 0.4) is 0 Å². The van der Waals surface area contributed by atoms with Crippen LogP contribution >= 0.6 is 0 Å². The highest BCUT2D eigenvalue weighted by Crippen LogP contribution is 2.13. The van der Waals surface area contributed by atoms with Crippen molar-refractivity contribution >= 4 is 0 Å². The minimum atomic E-state index is -1.37. The first-order valence-corrected chi connectivity index (χ1v) is 2.62. The minimum absolute atomic E-state index is 0.690. The lowest BCUT2D eigenvalue weighted by Gasteiger charge is -2.14. The Balaban J connectivity index is 2.73. The maximum absolute atomic E-state index is 12.2. The van der Waals surface area contributed by atoms with Crippen LogP contribution in [0.2, 0.25) is 0 Å². The summed E-state index contributed by atoms with van der Waals surface area (Å²) in [4.78, 5) is 0. The van der Waals surface area contributed by atoms with Crippen molar-refractivity contribution in [3.63, 3.8) is 0 Å². The zero-order valence-electron chi connectivity index (χ0n) is 4.66.